The Labute approximate surface area is 201 Å². The lowest BCUT2D eigenvalue weighted by molar-refractivity contribution is -0.157. The molecule has 0 saturated carbocycles. The van der Waals surface area contributed by atoms with Crippen LogP contribution in [0.2, 0.25) is 10.3 Å². The van der Waals surface area contributed by atoms with Crippen LogP contribution in [0.15, 0.2) is 12.1 Å². The Hall–Kier alpha value is -2.85. The molecule has 0 aliphatic heterocycles. The molecule has 33 heavy (non-hydrogen) atoms. The van der Waals surface area contributed by atoms with Crippen LogP contribution in [0.25, 0.3) is 0 Å². The number of halogens is 2. The predicted octanol–water partition coefficient (Wildman–Crippen LogP) is 3.19. The van der Waals surface area contributed by atoms with Gasteiger partial charge in [-0.1, -0.05) is 23.2 Å². The molecule has 2 rings (SSSR count). The van der Waals surface area contributed by atoms with E-state index in [1.165, 1.54) is 6.07 Å². The van der Waals surface area contributed by atoms with Crippen LogP contribution in [0.1, 0.15) is 49.2 Å². The predicted molar refractivity (Wildman–Crippen MR) is 120 cm³/mol. The maximum absolute atomic E-state index is 11.9. The molecule has 0 fully saturated rings. The maximum Gasteiger partial charge on any atom is 0.326 e. The summed E-state index contributed by atoms with van der Waals surface area (Å²) in [4.78, 5) is 34.9. The van der Waals surface area contributed by atoms with Gasteiger partial charge in [0.15, 0.2) is 16.2 Å². The number of nitrogens with zero attached hydrogens (tertiary/aromatic N) is 4. The van der Waals surface area contributed by atoms with E-state index in [-0.39, 0.29) is 36.5 Å². The Morgan fingerprint density at radius 1 is 0.788 bits per heavy atom. The molecule has 0 bridgehead atoms. The van der Waals surface area contributed by atoms with Crippen LogP contribution in [0.3, 0.4) is 0 Å². The largest absolute Gasteiger partial charge is 0.466 e. The maximum atomic E-state index is 11.9. The molecule has 0 N–H and O–H groups in total. The van der Waals surface area contributed by atoms with Gasteiger partial charge in [-0.3, -0.25) is 14.4 Å². The number of ether oxygens (including phenoxy) is 3. The number of hydrogen-bond acceptors (Lipinski definition) is 10. The van der Waals surface area contributed by atoms with Crippen molar-refractivity contribution < 1.29 is 28.6 Å². The number of carbonyl (C=O) groups excluding carboxylic acids is 3. The first-order valence-corrected chi connectivity index (χ1v) is 10.9. The smallest absolute Gasteiger partial charge is 0.326 e. The van der Waals surface area contributed by atoms with Crippen LogP contribution in [-0.4, -0.2) is 58.1 Å². The zero-order valence-corrected chi connectivity index (χ0v) is 20.6. The van der Waals surface area contributed by atoms with Crippen molar-refractivity contribution in [2.24, 2.45) is 0 Å². The van der Waals surface area contributed by atoms with E-state index in [1.807, 2.05) is 6.92 Å². The summed E-state index contributed by atoms with van der Waals surface area (Å²) in [5.74, 6) is -2.95. The fourth-order valence-electron chi connectivity index (χ4n) is 2.52. The van der Waals surface area contributed by atoms with E-state index in [9.17, 15) is 14.4 Å². The molecule has 2 aromatic rings. The van der Waals surface area contributed by atoms with Gasteiger partial charge in [0.1, 0.15) is 0 Å². The van der Waals surface area contributed by atoms with Crippen molar-refractivity contribution in [1.29, 1.82) is 0 Å². The minimum absolute atomic E-state index is 0.143. The highest BCUT2D eigenvalue weighted by atomic mass is 35.5. The SMILES string of the molecule is CCOC(=O)C(C(=O)OCC)c1nnc(Cl)cc1C.CCOC(=O)Cc1nnc(Cl)cc1C. The van der Waals surface area contributed by atoms with Gasteiger partial charge in [-0.2, -0.15) is 10.2 Å². The van der Waals surface area contributed by atoms with E-state index in [0.717, 1.165) is 5.56 Å². The van der Waals surface area contributed by atoms with E-state index < -0.39 is 17.9 Å². The highest BCUT2D eigenvalue weighted by molar-refractivity contribution is 6.29. The summed E-state index contributed by atoms with van der Waals surface area (Å²) in [6, 6.07) is 3.19. The Morgan fingerprint density at radius 2 is 1.27 bits per heavy atom. The molecule has 2 heterocycles. The highest BCUT2D eigenvalue weighted by Gasteiger charge is 2.34. The fraction of sp³-hybridized carbons (Fsp3) is 0.476. The fourth-order valence-corrected chi connectivity index (χ4v) is 2.92. The first kappa shape index (κ1) is 28.2. The molecule has 0 radical (unpaired) electrons. The molecule has 180 valence electrons. The molecule has 0 aromatic carbocycles. The van der Waals surface area contributed by atoms with Gasteiger partial charge >= 0.3 is 17.9 Å². The standard InChI is InChI=1S/C12H15ClN2O4.C9H11ClN2O2/c1-4-18-11(16)9(12(17)19-5-2)10-7(3)6-8(13)14-15-10;1-3-14-9(13)5-7-6(2)4-8(10)12-11-7/h6,9H,4-5H2,1-3H3;4H,3,5H2,1-2H3. The molecule has 0 atom stereocenters. The second kappa shape index (κ2) is 14.3. The van der Waals surface area contributed by atoms with Crippen LogP contribution in [-0.2, 0) is 35.0 Å². The zero-order chi connectivity index (χ0) is 25.0. The number of carbonyl (C=O) groups is 3. The molecular formula is C21H26Cl2N4O6. The average Bonchev–Trinajstić information content (AvgIpc) is 2.73. The lowest BCUT2D eigenvalue weighted by atomic mass is 10.0. The van der Waals surface area contributed by atoms with Gasteiger partial charge in [0.05, 0.1) is 37.6 Å². The van der Waals surface area contributed by atoms with Gasteiger partial charge in [0.2, 0.25) is 0 Å². The van der Waals surface area contributed by atoms with Crippen molar-refractivity contribution in [2.45, 2.75) is 47.0 Å². The number of aromatic nitrogens is 4. The molecule has 0 aliphatic carbocycles. The Bertz CT molecular complexity index is 956. The van der Waals surface area contributed by atoms with E-state index in [2.05, 4.69) is 20.4 Å². The summed E-state index contributed by atoms with van der Waals surface area (Å²) >= 11 is 11.3. The zero-order valence-electron chi connectivity index (χ0n) is 19.1. The van der Waals surface area contributed by atoms with Crippen LogP contribution < -0.4 is 0 Å². The van der Waals surface area contributed by atoms with E-state index >= 15 is 0 Å². The van der Waals surface area contributed by atoms with Gasteiger partial charge in [0, 0.05) is 0 Å². The van der Waals surface area contributed by atoms with Crippen molar-refractivity contribution in [3.05, 3.63) is 45.0 Å². The molecule has 0 aliphatic rings. The van der Waals surface area contributed by atoms with Crippen molar-refractivity contribution in [3.8, 4) is 0 Å². The molecule has 12 heteroatoms. The van der Waals surface area contributed by atoms with Gasteiger partial charge in [-0.05, 0) is 57.9 Å². The molecule has 0 spiro atoms. The summed E-state index contributed by atoms with van der Waals surface area (Å²) in [6.45, 7) is 9.28. The minimum Gasteiger partial charge on any atom is -0.466 e. The molecule has 2 aromatic heterocycles. The highest BCUT2D eigenvalue weighted by Crippen LogP contribution is 2.22. The quantitative estimate of drug-likeness (QED) is 0.302. The van der Waals surface area contributed by atoms with Crippen LogP contribution in [0.5, 0.6) is 0 Å². The topological polar surface area (TPSA) is 130 Å². The molecular weight excluding hydrogens is 475 g/mol. The first-order chi connectivity index (χ1) is 15.6. The number of hydrogen-bond donors (Lipinski definition) is 0. The molecule has 0 unspecified atom stereocenters. The molecule has 0 saturated heterocycles. The number of rotatable bonds is 8. The summed E-state index contributed by atoms with van der Waals surface area (Å²) in [7, 11) is 0. The van der Waals surface area contributed by atoms with Gasteiger partial charge < -0.3 is 14.2 Å². The van der Waals surface area contributed by atoms with Gasteiger partial charge in [-0.15, -0.1) is 10.2 Å². The first-order valence-electron chi connectivity index (χ1n) is 10.1. The Balaban J connectivity index is 0.000000346. The summed E-state index contributed by atoms with van der Waals surface area (Å²) in [5.41, 5.74) is 2.22. The van der Waals surface area contributed by atoms with E-state index in [0.29, 0.717) is 23.0 Å². The van der Waals surface area contributed by atoms with Crippen molar-refractivity contribution >= 4 is 41.1 Å². The van der Waals surface area contributed by atoms with Crippen LogP contribution >= 0.6 is 23.2 Å². The summed E-state index contributed by atoms with van der Waals surface area (Å²) in [6.07, 6.45) is 0.143. The number of esters is 3. The summed E-state index contributed by atoms with van der Waals surface area (Å²) < 4.78 is 14.5. The lowest BCUT2D eigenvalue weighted by Gasteiger charge is -2.15. The Kier molecular flexibility index (Phi) is 12.2. The molecule has 0 amide bonds. The second-order valence-electron chi connectivity index (χ2n) is 6.45. The molecule has 10 nitrogen and oxygen atoms in total. The summed E-state index contributed by atoms with van der Waals surface area (Å²) in [5, 5.41) is 15.4. The second-order valence-corrected chi connectivity index (χ2v) is 7.23. The van der Waals surface area contributed by atoms with Crippen molar-refractivity contribution in [3.63, 3.8) is 0 Å². The van der Waals surface area contributed by atoms with Gasteiger partial charge in [0.25, 0.3) is 0 Å². The Morgan fingerprint density at radius 3 is 1.73 bits per heavy atom. The van der Waals surface area contributed by atoms with Crippen LogP contribution in [0.4, 0.5) is 0 Å². The monoisotopic (exact) mass is 500 g/mol. The third-order valence-electron chi connectivity index (χ3n) is 3.99. The van der Waals surface area contributed by atoms with Crippen LogP contribution in [0, 0.1) is 13.8 Å². The van der Waals surface area contributed by atoms with Gasteiger partial charge in [-0.25, -0.2) is 0 Å². The third-order valence-corrected chi connectivity index (χ3v) is 4.35. The number of aryl methyl sites for hydroxylation is 2. The lowest BCUT2D eigenvalue weighted by Crippen LogP contribution is -2.28. The van der Waals surface area contributed by atoms with E-state index in [4.69, 9.17) is 37.4 Å². The average molecular weight is 501 g/mol. The van der Waals surface area contributed by atoms with E-state index in [1.54, 1.807) is 33.8 Å². The van der Waals surface area contributed by atoms with Crippen molar-refractivity contribution in [1.82, 2.24) is 20.4 Å². The van der Waals surface area contributed by atoms with Crippen molar-refractivity contribution in [2.75, 3.05) is 19.8 Å². The normalized spacial score (nSPS) is 10.2. The third kappa shape index (κ3) is 9.27. The minimum atomic E-state index is -1.23.